The van der Waals surface area contributed by atoms with E-state index in [0.717, 1.165) is 0 Å². The van der Waals surface area contributed by atoms with Gasteiger partial charge in [-0.25, -0.2) is 13.6 Å². The first-order valence-electron chi connectivity index (χ1n) is 6.08. The average Bonchev–Trinajstić information content (AvgIpc) is 2.41. The summed E-state index contributed by atoms with van der Waals surface area (Å²) in [4.78, 5) is 12.1. The summed E-state index contributed by atoms with van der Waals surface area (Å²) in [5.41, 5.74) is 1.22. The number of carbonyl (C=O) groups excluding carboxylic acids is 1. The van der Waals surface area contributed by atoms with Gasteiger partial charge in [-0.15, -0.1) is 0 Å². The highest BCUT2D eigenvalue weighted by Crippen LogP contribution is 2.25. The number of halogens is 2. The van der Waals surface area contributed by atoms with Crippen molar-refractivity contribution < 1.29 is 13.2 Å². The molecular formula is C14H12Cl2N2O3S. The summed E-state index contributed by atoms with van der Waals surface area (Å²) in [5, 5.41) is 8.37. The standard InChI is InChI=1S/C14H12Cl2N2O3S/c1-8-4-9(6-11(5-8)22(17,20)21)14(19)18-10-2-3-12(15)13(16)7-10/h2-7H,1H3,(H,18,19)(H2,17,20,21). The Bertz CT molecular complexity index is 851. The fourth-order valence-electron chi connectivity index (χ4n) is 1.82. The first-order valence-corrected chi connectivity index (χ1v) is 8.38. The third-order valence-corrected chi connectivity index (χ3v) is 4.45. The molecule has 3 N–H and O–H groups in total. The molecule has 0 fully saturated rings. The van der Waals surface area contributed by atoms with Crippen molar-refractivity contribution in [3.8, 4) is 0 Å². The third kappa shape index (κ3) is 3.98. The molecule has 2 aromatic carbocycles. The SMILES string of the molecule is Cc1cc(C(=O)Nc2ccc(Cl)c(Cl)c2)cc(S(N)(=O)=O)c1. The molecule has 116 valence electrons. The zero-order valence-electron chi connectivity index (χ0n) is 11.4. The summed E-state index contributed by atoms with van der Waals surface area (Å²) in [7, 11) is -3.89. The van der Waals surface area contributed by atoms with E-state index in [2.05, 4.69) is 5.32 Å². The summed E-state index contributed by atoms with van der Waals surface area (Å²) in [6.07, 6.45) is 0. The molecule has 0 unspecified atom stereocenters. The number of benzene rings is 2. The maximum atomic E-state index is 12.2. The Kier molecular flexibility index (Phi) is 4.77. The molecule has 8 heteroatoms. The van der Waals surface area contributed by atoms with Gasteiger partial charge in [0.1, 0.15) is 0 Å². The van der Waals surface area contributed by atoms with Crippen LogP contribution in [0.25, 0.3) is 0 Å². The lowest BCUT2D eigenvalue weighted by Gasteiger charge is -2.08. The number of nitrogens with two attached hydrogens (primary N) is 1. The molecule has 0 spiro atoms. The molecule has 0 atom stereocenters. The number of anilines is 1. The van der Waals surface area contributed by atoms with Crippen LogP contribution in [-0.4, -0.2) is 14.3 Å². The van der Waals surface area contributed by atoms with Crippen LogP contribution >= 0.6 is 23.2 Å². The highest BCUT2D eigenvalue weighted by Gasteiger charge is 2.14. The molecule has 2 aromatic rings. The van der Waals surface area contributed by atoms with Crippen molar-refractivity contribution in [3.63, 3.8) is 0 Å². The Hall–Kier alpha value is -1.60. The number of nitrogens with one attached hydrogen (secondary N) is 1. The van der Waals surface area contributed by atoms with Crippen LogP contribution in [0.2, 0.25) is 10.0 Å². The lowest BCUT2D eigenvalue weighted by atomic mass is 10.1. The topological polar surface area (TPSA) is 89.3 Å². The number of amides is 1. The summed E-state index contributed by atoms with van der Waals surface area (Å²) in [5.74, 6) is -0.480. The van der Waals surface area contributed by atoms with Gasteiger partial charge in [-0.3, -0.25) is 4.79 Å². The number of carbonyl (C=O) groups is 1. The van der Waals surface area contributed by atoms with Crippen LogP contribution < -0.4 is 10.5 Å². The molecule has 0 bridgehead atoms. The number of rotatable bonds is 3. The Balaban J connectivity index is 2.33. The van der Waals surface area contributed by atoms with Crippen LogP contribution in [0.15, 0.2) is 41.3 Å². The summed E-state index contributed by atoms with van der Waals surface area (Å²) < 4.78 is 22.8. The van der Waals surface area contributed by atoms with Crippen molar-refractivity contribution in [2.45, 2.75) is 11.8 Å². The molecule has 5 nitrogen and oxygen atoms in total. The number of primary sulfonamides is 1. The minimum Gasteiger partial charge on any atom is -0.322 e. The van der Waals surface area contributed by atoms with Gasteiger partial charge in [-0.05, 0) is 48.9 Å². The molecule has 0 aliphatic rings. The van der Waals surface area contributed by atoms with E-state index in [4.69, 9.17) is 28.3 Å². The van der Waals surface area contributed by atoms with Gasteiger partial charge in [0.05, 0.1) is 14.9 Å². The van der Waals surface area contributed by atoms with Gasteiger partial charge < -0.3 is 5.32 Å². The zero-order valence-corrected chi connectivity index (χ0v) is 13.8. The fraction of sp³-hybridized carbons (Fsp3) is 0.0714. The van der Waals surface area contributed by atoms with E-state index in [1.165, 1.54) is 18.2 Å². The van der Waals surface area contributed by atoms with Gasteiger partial charge in [-0.1, -0.05) is 23.2 Å². The minimum absolute atomic E-state index is 0.119. The van der Waals surface area contributed by atoms with Crippen LogP contribution in [0.3, 0.4) is 0 Å². The Morgan fingerprint density at radius 2 is 1.77 bits per heavy atom. The van der Waals surface area contributed by atoms with Crippen molar-refractivity contribution >= 4 is 44.8 Å². The van der Waals surface area contributed by atoms with Gasteiger partial charge >= 0.3 is 0 Å². The summed E-state index contributed by atoms with van der Waals surface area (Å²) in [6, 6.07) is 8.80. The highest BCUT2D eigenvalue weighted by atomic mass is 35.5. The quantitative estimate of drug-likeness (QED) is 0.882. The molecule has 2 rings (SSSR count). The van der Waals surface area contributed by atoms with E-state index in [0.29, 0.717) is 21.3 Å². The maximum absolute atomic E-state index is 12.2. The third-order valence-electron chi connectivity index (χ3n) is 2.82. The lowest BCUT2D eigenvalue weighted by molar-refractivity contribution is 0.102. The van der Waals surface area contributed by atoms with Crippen molar-refractivity contribution in [1.29, 1.82) is 0 Å². The van der Waals surface area contributed by atoms with Crippen LogP contribution in [0.4, 0.5) is 5.69 Å². The Labute approximate surface area is 138 Å². The first kappa shape index (κ1) is 16.8. The van der Waals surface area contributed by atoms with E-state index < -0.39 is 15.9 Å². The Morgan fingerprint density at radius 1 is 1.09 bits per heavy atom. The van der Waals surface area contributed by atoms with E-state index in [1.54, 1.807) is 25.1 Å². The molecule has 0 radical (unpaired) electrons. The van der Waals surface area contributed by atoms with Gasteiger partial charge in [-0.2, -0.15) is 0 Å². The van der Waals surface area contributed by atoms with Gasteiger partial charge in [0.2, 0.25) is 10.0 Å². The van der Waals surface area contributed by atoms with Crippen LogP contribution in [0.5, 0.6) is 0 Å². The van der Waals surface area contributed by atoms with E-state index in [-0.39, 0.29) is 10.5 Å². The van der Waals surface area contributed by atoms with Crippen LogP contribution in [-0.2, 0) is 10.0 Å². The number of hydrogen-bond acceptors (Lipinski definition) is 3. The van der Waals surface area contributed by atoms with Gasteiger partial charge in [0, 0.05) is 11.3 Å². The molecule has 0 heterocycles. The minimum atomic E-state index is -3.89. The predicted octanol–water partition coefficient (Wildman–Crippen LogP) is 3.20. The monoisotopic (exact) mass is 358 g/mol. The molecule has 0 saturated heterocycles. The Morgan fingerprint density at radius 3 is 2.36 bits per heavy atom. The van der Waals surface area contributed by atoms with Crippen molar-refractivity contribution in [2.24, 2.45) is 5.14 Å². The van der Waals surface area contributed by atoms with E-state index in [9.17, 15) is 13.2 Å². The molecule has 22 heavy (non-hydrogen) atoms. The van der Waals surface area contributed by atoms with Crippen molar-refractivity contribution in [1.82, 2.24) is 0 Å². The van der Waals surface area contributed by atoms with E-state index >= 15 is 0 Å². The second-order valence-corrected chi connectivity index (χ2v) is 7.04. The predicted molar refractivity (Wildman–Crippen MR) is 87.0 cm³/mol. The smallest absolute Gasteiger partial charge is 0.255 e. The maximum Gasteiger partial charge on any atom is 0.255 e. The van der Waals surface area contributed by atoms with E-state index in [1.807, 2.05) is 0 Å². The highest BCUT2D eigenvalue weighted by molar-refractivity contribution is 7.89. The van der Waals surface area contributed by atoms with Crippen LogP contribution in [0, 0.1) is 6.92 Å². The fourth-order valence-corrected chi connectivity index (χ4v) is 2.76. The molecule has 0 saturated carbocycles. The van der Waals surface area contributed by atoms with Gasteiger partial charge in [0.15, 0.2) is 0 Å². The number of hydrogen-bond donors (Lipinski definition) is 2. The normalized spacial score (nSPS) is 11.3. The van der Waals surface area contributed by atoms with Crippen molar-refractivity contribution in [2.75, 3.05) is 5.32 Å². The zero-order chi connectivity index (χ0) is 16.5. The number of aryl methyl sites for hydroxylation is 1. The van der Waals surface area contributed by atoms with Gasteiger partial charge in [0.25, 0.3) is 5.91 Å². The summed E-state index contributed by atoms with van der Waals surface area (Å²) in [6.45, 7) is 1.67. The van der Waals surface area contributed by atoms with Crippen molar-refractivity contribution in [3.05, 3.63) is 57.6 Å². The molecular weight excluding hydrogens is 347 g/mol. The number of sulfonamides is 1. The first-order chi connectivity index (χ1) is 10.2. The summed E-state index contributed by atoms with van der Waals surface area (Å²) >= 11 is 11.7. The lowest BCUT2D eigenvalue weighted by Crippen LogP contribution is -2.16. The largest absolute Gasteiger partial charge is 0.322 e. The average molecular weight is 359 g/mol. The molecule has 0 aromatic heterocycles. The second-order valence-electron chi connectivity index (χ2n) is 4.66. The second kappa shape index (κ2) is 6.26. The molecule has 1 amide bonds. The molecule has 0 aliphatic heterocycles. The van der Waals surface area contributed by atoms with Crippen LogP contribution in [0.1, 0.15) is 15.9 Å². The molecule has 0 aliphatic carbocycles.